The number of rotatable bonds is 6. The maximum absolute atomic E-state index is 6.24. The van der Waals surface area contributed by atoms with Gasteiger partial charge in [-0.2, -0.15) is 0 Å². The number of nitrogens with one attached hydrogen (secondary N) is 1. The van der Waals surface area contributed by atoms with Crippen LogP contribution >= 0.6 is 11.6 Å². The molecule has 0 unspecified atom stereocenters. The SMILES string of the molecule is Cc1ccc(-c2cnc(CCCNC(C)C)o2)c(Cl)c1. The Bertz CT molecular complexity index is 563. The van der Waals surface area contributed by atoms with Crippen molar-refractivity contribution in [3.8, 4) is 11.3 Å². The Balaban J connectivity index is 1.98. The van der Waals surface area contributed by atoms with E-state index in [1.807, 2.05) is 25.1 Å². The van der Waals surface area contributed by atoms with E-state index in [-0.39, 0.29) is 0 Å². The van der Waals surface area contributed by atoms with Gasteiger partial charge in [-0.3, -0.25) is 0 Å². The lowest BCUT2D eigenvalue weighted by atomic mass is 10.1. The largest absolute Gasteiger partial charge is 0.441 e. The minimum Gasteiger partial charge on any atom is -0.441 e. The minimum atomic E-state index is 0.515. The molecular weight excluding hydrogens is 272 g/mol. The highest BCUT2D eigenvalue weighted by Crippen LogP contribution is 2.29. The lowest BCUT2D eigenvalue weighted by Gasteiger charge is -2.06. The molecule has 3 nitrogen and oxygen atoms in total. The monoisotopic (exact) mass is 292 g/mol. The summed E-state index contributed by atoms with van der Waals surface area (Å²) in [5.41, 5.74) is 2.04. The van der Waals surface area contributed by atoms with Crippen molar-refractivity contribution in [1.29, 1.82) is 0 Å². The first-order valence-corrected chi connectivity index (χ1v) is 7.38. The lowest BCUT2D eigenvalue weighted by Crippen LogP contribution is -2.23. The predicted molar refractivity (Wildman–Crippen MR) is 83.1 cm³/mol. The van der Waals surface area contributed by atoms with Crippen LogP contribution in [0.2, 0.25) is 5.02 Å². The molecule has 2 aromatic rings. The van der Waals surface area contributed by atoms with E-state index in [1.54, 1.807) is 6.20 Å². The summed E-state index contributed by atoms with van der Waals surface area (Å²) in [7, 11) is 0. The molecule has 0 aliphatic rings. The number of aryl methyl sites for hydroxylation is 2. The number of nitrogens with zero attached hydrogens (tertiary/aromatic N) is 1. The van der Waals surface area contributed by atoms with Gasteiger partial charge in [0.25, 0.3) is 0 Å². The number of halogens is 1. The van der Waals surface area contributed by atoms with Gasteiger partial charge in [0, 0.05) is 18.0 Å². The first-order valence-electron chi connectivity index (χ1n) is 7.01. The summed E-state index contributed by atoms with van der Waals surface area (Å²) in [6.45, 7) is 7.27. The smallest absolute Gasteiger partial charge is 0.194 e. The molecule has 4 heteroatoms. The van der Waals surface area contributed by atoms with Crippen LogP contribution in [0.4, 0.5) is 0 Å². The Morgan fingerprint density at radius 3 is 2.85 bits per heavy atom. The molecule has 0 saturated carbocycles. The zero-order valence-corrected chi connectivity index (χ0v) is 13.0. The standard InChI is InChI=1S/C16H21ClN2O/c1-11(2)18-8-4-5-16-19-10-15(20-16)13-7-6-12(3)9-14(13)17/h6-7,9-11,18H,4-5,8H2,1-3H3. The zero-order chi connectivity index (χ0) is 14.5. The van der Waals surface area contributed by atoms with E-state index >= 15 is 0 Å². The summed E-state index contributed by atoms with van der Waals surface area (Å²) < 4.78 is 5.77. The van der Waals surface area contributed by atoms with E-state index in [9.17, 15) is 0 Å². The molecule has 1 aromatic heterocycles. The van der Waals surface area contributed by atoms with Crippen LogP contribution in [0.1, 0.15) is 31.7 Å². The molecule has 1 heterocycles. The number of hydrogen-bond donors (Lipinski definition) is 1. The van der Waals surface area contributed by atoms with Crippen LogP contribution < -0.4 is 5.32 Å². The maximum atomic E-state index is 6.24. The van der Waals surface area contributed by atoms with E-state index in [0.717, 1.165) is 42.2 Å². The third-order valence-electron chi connectivity index (χ3n) is 3.06. The van der Waals surface area contributed by atoms with Gasteiger partial charge >= 0.3 is 0 Å². The first-order chi connectivity index (χ1) is 9.56. The van der Waals surface area contributed by atoms with Gasteiger partial charge in [0.15, 0.2) is 11.7 Å². The highest BCUT2D eigenvalue weighted by molar-refractivity contribution is 6.33. The van der Waals surface area contributed by atoms with Gasteiger partial charge in [-0.05, 0) is 37.6 Å². The molecular formula is C16H21ClN2O. The molecule has 1 aromatic carbocycles. The Morgan fingerprint density at radius 1 is 1.35 bits per heavy atom. The van der Waals surface area contributed by atoms with Crippen molar-refractivity contribution in [2.45, 2.75) is 39.7 Å². The molecule has 0 spiro atoms. The van der Waals surface area contributed by atoms with Crippen molar-refractivity contribution < 1.29 is 4.42 Å². The Morgan fingerprint density at radius 2 is 2.15 bits per heavy atom. The summed E-state index contributed by atoms with van der Waals surface area (Å²) in [5.74, 6) is 1.50. The van der Waals surface area contributed by atoms with Crippen LogP contribution in [-0.2, 0) is 6.42 Å². The molecule has 1 N–H and O–H groups in total. The third kappa shape index (κ3) is 4.09. The number of oxazole rings is 1. The highest BCUT2D eigenvalue weighted by Gasteiger charge is 2.10. The summed E-state index contributed by atoms with van der Waals surface area (Å²) >= 11 is 6.24. The number of benzene rings is 1. The van der Waals surface area contributed by atoms with E-state index in [1.165, 1.54) is 0 Å². The van der Waals surface area contributed by atoms with Crippen molar-refractivity contribution in [3.05, 3.63) is 40.9 Å². The van der Waals surface area contributed by atoms with Gasteiger partial charge in [0.1, 0.15) is 0 Å². The van der Waals surface area contributed by atoms with Crippen LogP contribution in [0.3, 0.4) is 0 Å². The maximum Gasteiger partial charge on any atom is 0.194 e. The second kappa shape index (κ2) is 6.91. The second-order valence-electron chi connectivity index (χ2n) is 5.31. The van der Waals surface area contributed by atoms with E-state index in [0.29, 0.717) is 11.1 Å². The molecule has 108 valence electrons. The molecule has 0 aliphatic carbocycles. The molecule has 0 atom stereocenters. The van der Waals surface area contributed by atoms with Crippen LogP contribution in [0.25, 0.3) is 11.3 Å². The fourth-order valence-electron chi connectivity index (χ4n) is 2.00. The van der Waals surface area contributed by atoms with Crippen molar-refractivity contribution in [3.63, 3.8) is 0 Å². The fraction of sp³-hybridized carbons (Fsp3) is 0.438. The normalized spacial score (nSPS) is 11.2. The molecule has 0 radical (unpaired) electrons. The average molecular weight is 293 g/mol. The summed E-state index contributed by atoms with van der Waals surface area (Å²) in [5, 5.41) is 4.08. The van der Waals surface area contributed by atoms with Gasteiger partial charge in [-0.25, -0.2) is 4.98 Å². The number of aromatic nitrogens is 1. The number of hydrogen-bond acceptors (Lipinski definition) is 3. The fourth-order valence-corrected chi connectivity index (χ4v) is 2.33. The molecule has 2 rings (SSSR count). The van der Waals surface area contributed by atoms with Gasteiger partial charge in [-0.1, -0.05) is 31.5 Å². The summed E-state index contributed by atoms with van der Waals surface area (Å²) in [6.07, 6.45) is 3.60. The van der Waals surface area contributed by atoms with Gasteiger partial charge in [0.2, 0.25) is 0 Å². The van der Waals surface area contributed by atoms with Gasteiger partial charge < -0.3 is 9.73 Å². The molecule has 20 heavy (non-hydrogen) atoms. The highest BCUT2D eigenvalue weighted by atomic mass is 35.5. The Labute approximate surface area is 125 Å². The molecule has 0 fully saturated rings. The Kier molecular flexibility index (Phi) is 5.21. The van der Waals surface area contributed by atoms with Crippen LogP contribution in [-0.4, -0.2) is 17.6 Å². The topological polar surface area (TPSA) is 38.1 Å². The minimum absolute atomic E-state index is 0.515. The molecule has 0 amide bonds. The summed E-state index contributed by atoms with van der Waals surface area (Å²) in [6, 6.07) is 6.45. The van der Waals surface area contributed by atoms with E-state index in [4.69, 9.17) is 16.0 Å². The van der Waals surface area contributed by atoms with Crippen LogP contribution in [0, 0.1) is 6.92 Å². The van der Waals surface area contributed by atoms with Crippen LogP contribution in [0.15, 0.2) is 28.8 Å². The second-order valence-corrected chi connectivity index (χ2v) is 5.72. The van der Waals surface area contributed by atoms with Crippen molar-refractivity contribution in [2.75, 3.05) is 6.54 Å². The molecule has 0 saturated heterocycles. The predicted octanol–water partition coefficient (Wildman–Crippen LogP) is 4.23. The first kappa shape index (κ1) is 15.1. The van der Waals surface area contributed by atoms with Gasteiger partial charge in [0.05, 0.1) is 11.2 Å². The zero-order valence-electron chi connectivity index (χ0n) is 12.2. The Hall–Kier alpha value is -1.32. The van der Waals surface area contributed by atoms with E-state index < -0.39 is 0 Å². The lowest BCUT2D eigenvalue weighted by molar-refractivity contribution is 0.484. The quantitative estimate of drug-likeness (QED) is 0.810. The summed E-state index contributed by atoms with van der Waals surface area (Å²) in [4.78, 5) is 4.32. The van der Waals surface area contributed by atoms with E-state index in [2.05, 4.69) is 24.1 Å². The van der Waals surface area contributed by atoms with Crippen molar-refractivity contribution >= 4 is 11.6 Å². The average Bonchev–Trinajstić information content (AvgIpc) is 2.83. The third-order valence-corrected chi connectivity index (χ3v) is 3.38. The van der Waals surface area contributed by atoms with Gasteiger partial charge in [-0.15, -0.1) is 0 Å². The van der Waals surface area contributed by atoms with Crippen molar-refractivity contribution in [1.82, 2.24) is 10.3 Å². The molecule has 0 bridgehead atoms. The van der Waals surface area contributed by atoms with Crippen LogP contribution in [0.5, 0.6) is 0 Å². The molecule has 0 aliphatic heterocycles. The van der Waals surface area contributed by atoms with Crippen molar-refractivity contribution in [2.24, 2.45) is 0 Å².